The van der Waals surface area contributed by atoms with Crippen molar-refractivity contribution in [3.63, 3.8) is 0 Å². The molecular formula is C22H20N2O4. The van der Waals surface area contributed by atoms with Crippen molar-refractivity contribution in [2.75, 3.05) is 11.9 Å². The third-order valence-corrected chi connectivity index (χ3v) is 4.43. The molecule has 3 rings (SSSR count). The van der Waals surface area contributed by atoms with Gasteiger partial charge in [0.25, 0.3) is 5.91 Å². The highest BCUT2D eigenvalue weighted by Gasteiger charge is 2.12. The predicted molar refractivity (Wildman–Crippen MR) is 108 cm³/mol. The van der Waals surface area contributed by atoms with Crippen LogP contribution >= 0.6 is 0 Å². The van der Waals surface area contributed by atoms with Crippen molar-refractivity contribution in [1.29, 1.82) is 0 Å². The Morgan fingerprint density at radius 3 is 2.54 bits per heavy atom. The van der Waals surface area contributed by atoms with Crippen LogP contribution in [0.1, 0.15) is 21.5 Å². The SMILES string of the molecule is Cc1ccc(NC(=O)NC(=O)COc2ccc3ccccc3c2C=O)cc1C. The lowest BCUT2D eigenvalue weighted by molar-refractivity contribution is -0.121. The van der Waals surface area contributed by atoms with E-state index < -0.39 is 11.9 Å². The third kappa shape index (κ3) is 4.35. The van der Waals surface area contributed by atoms with E-state index in [-0.39, 0.29) is 6.61 Å². The zero-order valence-electron chi connectivity index (χ0n) is 15.6. The van der Waals surface area contributed by atoms with Crippen molar-refractivity contribution in [3.05, 3.63) is 71.3 Å². The smallest absolute Gasteiger partial charge is 0.325 e. The molecule has 3 aromatic carbocycles. The van der Waals surface area contributed by atoms with Crippen molar-refractivity contribution in [2.24, 2.45) is 0 Å². The minimum atomic E-state index is -0.647. The first kappa shape index (κ1) is 19.1. The zero-order chi connectivity index (χ0) is 20.1. The van der Waals surface area contributed by atoms with Gasteiger partial charge in [-0.3, -0.25) is 14.9 Å². The van der Waals surface area contributed by atoms with E-state index in [1.54, 1.807) is 12.1 Å². The second-order valence-electron chi connectivity index (χ2n) is 6.41. The van der Waals surface area contributed by atoms with E-state index >= 15 is 0 Å². The first-order valence-corrected chi connectivity index (χ1v) is 8.76. The van der Waals surface area contributed by atoms with Crippen LogP contribution in [0.4, 0.5) is 10.5 Å². The molecule has 0 unspecified atom stereocenters. The van der Waals surface area contributed by atoms with Crippen molar-refractivity contribution < 1.29 is 19.1 Å². The third-order valence-electron chi connectivity index (χ3n) is 4.43. The molecule has 0 atom stereocenters. The molecule has 0 saturated carbocycles. The molecule has 0 radical (unpaired) electrons. The standard InChI is InChI=1S/C22H20N2O4/c1-14-7-9-17(11-15(14)2)23-22(27)24-21(26)13-28-20-10-8-16-5-3-4-6-18(16)19(20)12-25/h3-12H,13H2,1-2H3,(H2,23,24,26,27). The van der Waals surface area contributed by atoms with Gasteiger partial charge in [-0.1, -0.05) is 36.4 Å². The summed E-state index contributed by atoms with van der Waals surface area (Å²) in [5.74, 6) is -0.329. The summed E-state index contributed by atoms with van der Waals surface area (Å²) in [7, 11) is 0. The maximum Gasteiger partial charge on any atom is 0.325 e. The minimum Gasteiger partial charge on any atom is -0.483 e. The lowest BCUT2D eigenvalue weighted by Gasteiger charge is -2.11. The fourth-order valence-corrected chi connectivity index (χ4v) is 2.81. The summed E-state index contributed by atoms with van der Waals surface area (Å²) < 4.78 is 5.46. The molecule has 0 aromatic heterocycles. The highest BCUT2D eigenvalue weighted by atomic mass is 16.5. The summed E-state index contributed by atoms with van der Waals surface area (Å²) in [6.07, 6.45) is 0.696. The van der Waals surface area contributed by atoms with Crippen molar-refractivity contribution in [1.82, 2.24) is 5.32 Å². The number of urea groups is 1. The van der Waals surface area contributed by atoms with Crippen LogP contribution in [-0.4, -0.2) is 24.8 Å². The number of anilines is 1. The van der Waals surface area contributed by atoms with Crippen LogP contribution < -0.4 is 15.4 Å². The van der Waals surface area contributed by atoms with Crippen LogP contribution in [-0.2, 0) is 4.79 Å². The molecule has 0 saturated heterocycles. The highest BCUT2D eigenvalue weighted by Crippen LogP contribution is 2.26. The molecule has 0 bridgehead atoms. The largest absolute Gasteiger partial charge is 0.483 e. The average molecular weight is 376 g/mol. The molecule has 6 nitrogen and oxygen atoms in total. The predicted octanol–water partition coefficient (Wildman–Crippen LogP) is 4.00. The summed E-state index contributed by atoms with van der Waals surface area (Å²) in [5.41, 5.74) is 3.10. The lowest BCUT2D eigenvalue weighted by Crippen LogP contribution is -2.37. The van der Waals surface area contributed by atoms with Gasteiger partial charge < -0.3 is 10.1 Å². The Morgan fingerprint density at radius 1 is 1.00 bits per heavy atom. The van der Waals surface area contributed by atoms with Gasteiger partial charge >= 0.3 is 6.03 Å². The fourth-order valence-electron chi connectivity index (χ4n) is 2.81. The number of amides is 3. The molecule has 0 heterocycles. The Bertz CT molecular complexity index is 1060. The topological polar surface area (TPSA) is 84.5 Å². The number of hydrogen-bond acceptors (Lipinski definition) is 4. The summed E-state index contributed by atoms with van der Waals surface area (Å²) in [6, 6.07) is 15.6. The van der Waals surface area contributed by atoms with Gasteiger partial charge in [0.15, 0.2) is 12.9 Å². The molecule has 0 aliphatic heterocycles. The normalized spacial score (nSPS) is 10.4. The molecular weight excluding hydrogens is 356 g/mol. The number of benzene rings is 3. The molecule has 0 aliphatic carbocycles. The van der Waals surface area contributed by atoms with Gasteiger partial charge in [0, 0.05) is 5.69 Å². The molecule has 0 fully saturated rings. The van der Waals surface area contributed by atoms with Gasteiger partial charge in [-0.2, -0.15) is 0 Å². The Labute approximate surface area is 162 Å². The maximum absolute atomic E-state index is 12.0. The second-order valence-corrected chi connectivity index (χ2v) is 6.41. The summed E-state index contributed by atoms with van der Waals surface area (Å²) in [5, 5.41) is 6.44. The van der Waals surface area contributed by atoms with E-state index in [2.05, 4.69) is 10.6 Å². The highest BCUT2D eigenvalue weighted by molar-refractivity contribution is 6.02. The molecule has 3 amide bonds. The molecule has 28 heavy (non-hydrogen) atoms. The maximum atomic E-state index is 12.0. The molecule has 3 aromatic rings. The van der Waals surface area contributed by atoms with Crippen LogP contribution in [0.2, 0.25) is 0 Å². The van der Waals surface area contributed by atoms with Gasteiger partial charge in [-0.15, -0.1) is 0 Å². The lowest BCUT2D eigenvalue weighted by atomic mass is 10.0. The van der Waals surface area contributed by atoms with E-state index in [1.807, 2.05) is 56.3 Å². The molecule has 2 N–H and O–H groups in total. The monoisotopic (exact) mass is 376 g/mol. The van der Waals surface area contributed by atoms with E-state index in [1.165, 1.54) is 0 Å². The first-order valence-electron chi connectivity index (χ1n) is 8.76. The Balaban J connectivity index is 1.61. The van der Waals surface area contributed by atoms with Crippen molar-refractivity contribution in [3.8, 4) is 5.75 Å². The molecule has 142 valence electrons. The Hall–Kier alpha value is -3.67. The van der Waals surface area contributed by atoms with E-state index in [9.17, 15) is 14.4 Å². The van der Waals surface area contributed by atoms with Crippen LogP contribution in [0.5, 0.6) is 5.75 Å². The second kappa shape index (κ2) is 8.35. The van der Waals surface area contributed by atoms with Gasteiger partial charge in [-0.25, -0.2) is 4.79 Å². The van der Waals surface area contributed by atoms with Gasteiger partial charge in [0.05, 0.1) is 5.56 Å². The fraction of sp³-hybridized carbons (Fsp3) is 0.136. The van der Waals surface area contributed by atoms with Crippen molar-refractivity contribution in [2.45, 2.75) is 13.8 Å². The Kier molecular flexibility index (Phi) is 5.69. The number of hydrogen-bond donors (Lipinski definition) is 2. The Morgan fingerprint density at radius 2 is 1.79 bits per heavy atom. The van der Waals surface area contributed by atoms with Gasteiger partial charge in [-0.05, 0) is 53.9 Å². The summed E-state index contributed by atoms with van der Waals surface area (Å²) in [4.78, 5) is 35.5. The van der Waals surface area contributed by atoms with Crippen LogP contribution in [0.3, 0.4) is 0 Å². The number of ether oxygens (including phenoxy) is 1. The van der Waals surface area contributed by atoms with E-state index in [4.69, 9.17) is 4.74 Å². The molecule has 6 heteroatoms. The number of aldehydes is 1. The van der Waals surface area contributed by atoms with E-state index in [0.29, 0.717) is 23.3 Å². The number of aryl methyl sites for hydroxylation is 2. The van der Waals surface area contributed by atoms with E-state index in [0.717, 1.165) is 21.9 Å². The molecule has 0 spiro atoms. The van der Waals surface area contributed by atoms with Crippen LogP contribution in [0.25, 0.3) is 10.8 Å². The number of fused-ring (bicyclic) bond motifs is 1. The number of carbonyl (C=O) groups is 3. The number of carbonyl (C=O) groups excluding carboxylic acids is 3. The zero-order valence-corrected chi connectivity index (χ0v) is 15.6. The van der Waals surface area contributed by atoms with Crippen LogP contribution in [0, 0.1) is 13.8 Å². The molecule has 0 aliphatic rings. The van der Waals surface area contributed by atoms with Crippen molar-refractivity contribution >= 4 is 34.7 Å². The van der Waals surface area contributed by atoms with Gasteiger partial charge in [0.2, 0.25) is 0 Å². The van der Waals surface area contributed by atoms with Gasteiger partial charge in [0.1, 0.15) is 5.75 Å². The minimum absolute atomic E-state index is 0.290. The number of nitrogens with one attached hydrogen (secondary N) is 2. The average Bonchev–Trinajstić information content (AvgIpc) is 2.68. The number of rotatable bonds is 5. The first-order chi connectivity index (χ1) is 13.5. The number of imide groups is 1. The summed E-state index contributed by atoms with van der Waals surface area (Å²) in [6.45, 7) is 3.52. The summed E-state index contributed by atoms with van der Waals surface area (Å²) >= 11 is 0. The van der Waals surface area contributed by atoms with Crippen LogP contribution in [0.15, 0.2) is 54.6 Å². The quantitative estimate of drug-likeness (QED) is 0.659.